The minimum Gasteiger partial charge on any atom is -0.355 e. The van der Waals surface area contributed by atoms with E-state index in [9.17, 15) is 13.6 Å². The van der Waals surface area contributed by atoms with Crippen molar-refractivity contribution < 1.29 is 13.6 Å². The van der Waals surface area contributed by atoms with Crippen molar-refractivity contribution >= 4 is 16.9 Å². The fourth-order valence-corrected chi connectivity index (χ4v) is 2.37. The minimum atomic E-state index is -0.357. The Morgan fingerprint density at radius 1 is 1.13 bits per heavy atom. The SMILES string of the molecule is O=C(Cc1cccc(F)c1)NCCc1nc2ccc(F)cc2[nH]1. The fraction of sp³-hybridized carbons (Fsp3) is 0.176. The summed E-state index contributed by atoms with van der Waals surface area (Å²) in [5, 5.41) is 2.76. The van der Waals surface area contributed by atoms with E-state index in [2.05, 4.69) is 15.3 Å². The van der Waals surface area contributed by atoms with Gasteiger partial charge in [0.2, 0.25) is 5.91 Å². The highest BCUT2D eigenvalue weighted by Crippen LogP contribution is 2.13. The number of hydrogen-bond acceptors (Lipinski definition) is 2. The number of rotatable bonds is 5. The lowest BCUT2D eigenvalue weighted by molar-refractivity contribution is -0.120. The number of fused-ring (bicyclic) bond motifs is 1. The monoisotopic (exact) mass is 315 g/mol. The van der Waals surface area contributed by atoms with Gasteiger partial charge in [-0.2, -0.15) is 0 Å². The van der Waals surface area contributed by atoms with E-state index in [-0.39, 0.29) is 24.0 Å². The number of amides is 1. The highest BCUT2D eigenvalue weighted by atomic mass is 19.1. The highest BCUT2D eigenvalue weighted by molar-refractivity contribution is 5.78. The maximum atomic E-state index is 13.1. The molecule has 0 saturated carbocycles. The van der Waals surface area contributed by atoms with Crippen molar-refractivity contribution in [2.75, 3.05) is 6.54 Å². The van der Waals surface area contributed by atoms with Crippen LogP contribution in [0.5, 0.6) is 0 Å². The normalized spacial score (nSPS) is 10.9. The summed E-state index contributed by atoms with van der Waals surface area (Å²) in [6, 6.07) is 10.3. The third kappa shape index (κ3) is 3.91. The predicted octanol–water partition coefficient (Wildman–Crippen LogP) is 2.74. The van der Waals surface area contributed by atoms with Gasteiger partial charge in [0.1, 0.15) is 17.5 Å². The smallest absolute Gasteiger partial charge is 0.224 e. The van der Waals surface area contributed by atoms with Gasteiger partial charge in [0.25, 0.3) is 0 Å². The minimum absolute atomic E-state index is 0.128. The van der Waals surface area contributed by atoms with Gasteiger partial charge in [0, 0.05) is 13.0 Å². The number of hydrogen-bond donors (Lipinski definition) is 2. The van der Waals surface area contributed by atoms with Gasteiger partial charge in [-0.05, 0) is 35.9 Å². The zero-order chi connectivity index (χ0) is 16.2. The second-order valence-electron chi connectivity index (χ2n) is 5.25. The Balaban J connectivity index is 1.52. The Bertz CT molecular complexity index is 845. The van der Waals surface area contributed by atoms with Crippen LogP contribution >= 0.6 is 0 Å². The molecule has 1 amide bonds. The fourth-order valence-electron chi connectivity index (χ4n) is 2.37. The molecule has 3 aromatic rings. The number of carbonyl (C=O) groups excluding carboxylic acids is 1. The zero-order valence-corrected chi connectivity index (χ0v) is 12.3. The Labute approximate surface area is 131 Å². The van der Waals surface area contributed by atoms with Gasteiger partial charge in [-0.1, -0.05) is 12.1 Å². The lowest BCUT2D eigenvalue weighted by Crippen LogP contribution is -2.27. The largest absolute Gasteiger partial charge is 0.355 e. The van der Waals surface area contributed by atoms with Crippen LogP contribution < -0.4 is 5.32 Å². The maximum Gasteiger partial charge on any atom is 0.224 e. The summed E-state index contributed by atoms with van der Waals surface area (Å²) < 4.78 is 26.2. The first kappa shape index (κ1) is 15.1. The summed E-state index contributed by atoms with van der Waals surface area (Å²) in [4.78, 5) is 19.2. The van der Waals surface area contributed by atoms with Crippen LogP contribution in [-0.2, 0) is 17.6 Å². The third-order valence-electron chi connectivity index (χ3n) is 3.43. The second-order valence-corrected chi connectivity index (χ2v) is 5.25. The predicted molar refractivity (Wildman–Crippen MR) is 82.9 cm³/mol. The van der Waals surface area contributed by atoms with E-state index in [1.54, 1.807) is 18.2 Å². The molecule has 23 heavy (non-hydrogen) atoms. The second kappa shape index (κ2) is 6.56. The average molecular weight is 315 g/mol. The van der Waals surface area contributed by atoms with Crippen LogP contribution in [0.3, 0.4) is 0 Å². The standard InChI is InChI=1S/C17H15F2N3O/c18-12-3-1-2-11(8-12)9-17(23)20-7-6-16-21-14-5-4-13(19)10-15(14)22-16/h1-5,8,10H,6-7,9H2,(H,20,23)(H,21,22). The van der Waals surface area contributed by atoms with E-state index in [0.717, 1.165) is 0 Å². The summed E-state index contributed by atoms with van der Waals surface area (Å²) in [6.07, 6.45) is 0.633. The first-order valence-corrected chi connectivity index (χ1v) is 7.25. The van der Waals surface area contributed by atoms with Crippen molar-refractivity contribution in [3.8, 4) is 0 Å². The molecular weight excluding hydrogens is 300 g/mol. The molecule has 4 nitrogen and oxygen atoms in total. The molecule has 3 rings (SSSR count). The summed E-state index contributed by atoms with van der Waals surface area (Å²) >= 11 is 0. The molecule has 6 heteroatoms. The molecule has 1 heterocycles. The van der Waals surface area contributed by atoms with Crippen LogP contribution in [0, 0.1) is 11.6 Å². The molecule has 0 spiro atoms. The van der Waals surface area contributed by atoms with Crippen LogP contribution in [0.2, 0.25) is 0 Å². The number of halogens is 2. The number of carbonyl (C=O) groups is 1. The van der Waals surface area contributed by atoms with E-state index in [4.69, 9.17) is 0 Å². The molecule has 0 atom stereocenters. The molecule has 0 radical (unpaired) electrons. The van der Waals surface area contributed by atoms with Crippen molar-refractivity contribution in [1.82, 2.24) is 15.3 Å². The molecule has 0 bridgehead atoms. The quantitative estimate of drug-likeness (QED) is 0.760. The number of aromatic nitrogens is 2. The molecule has 0 unspecified atom stereocenters. The third-order valence-corrected chi connectivity index (χ3v) is 3.43. The molecule has 0 aliphatic rings. The Morgan fingerprint density at radius 3 is 2.78 bits per heavy atom. The molecular formula is C17H15F2N3O. The van der Waals surface area contributed by atoms with Gasteiger partial charge in [0.15, 0.2) is 0 Å². The number of nitrogens with zero attached hydrogens (tertiary/aromatic N) is 1. The van der Waals surface area contributed by atoms with Crippen LogP contribution in [0.25, 0.3) is 11.0 Å². The summed E-state index contributed by atoms with van der Waals surface area (Å²) in [5.41, 5.74) is 1.94. The van der Waals surface area contributed by atoms with Crippen molar-refractivity contribution in [3.63, 3.8) is 0 Å². The van der Waals surface area contributed by atoms with Gasteiger partial charge in [-0.3, -0.25) is 4.79 Å². The van der Waals surface area contributed by atoms with E-state index in [0.29, 0.717) is 35.4 Å². The Hall–Kier alpha value is -2.76. The summed E-state index contributed by atoms with van der Waals surface area (Å²) in [7, 11) is 0. The van der Waals surface area contributed by atoms with Gasteiger partial charge < -0.3 is 10.3 Å². The molecule has 0 fully saturated rings. The van der Waals surface area contributed by atoms with Gasteiger partial charge >= 0.3 is 0 Å². The number of imidazole rings is 1. The molecule has 2 N–H and O–H groups in total. The van der Waals surface area contributed by atoms with Crippen molar-refractivity contribution in [2.45, 2.75) is 12.8 Å². The first-order chi connectivity index (χ1) is 11.1. The molecule has 2 aromatic carbocycles. The van der Waals surface area contributed by atoms with Gasteiger partial charge in [0.05, 0.1) is 17.5 Å². The van der Waals surface area contributed by atoms with E-state index >= 15 is 0 Å². The molecule has 1 aromatic heterocycles. The molecule has 0 aliphatic heterocycles. The van der Waals surface area contributed by atoms with Crippen LogP contribution in [-0.4, -0.2) is 22.4 Å². The number of benzene rings is 2. The summed E-state index contributed by atoms with van der Waals surface area (Å²) in [5.74, 6) is -0.185. The average Bonchev–Trinajstić information content (AvgIpc) is 2.89. The van der Waals surface area contributed by atoms with Crippen LogP contribution in [0.1, 0.15) is 11.4 Å². The van der Waals surface area contributed by atoms with Crippen LogP contribution in [0.15, 0.2) is 42.5 Å². The van der Waals surface area contributed by atoms with E-state index < -0.39 is 0 Å². The van der Waals surface area contributed by atoms with Gasteiger partial charge in [-0.25, -0.2) is 13.8 Å². The molecule has 118 valence electrons. The first-order valence-electron chi connectivity index (χ1n) is 7.25. The van der Waals surface area contributed by atoms with Crippen molar-refractivity contribution in [3.05, 3.63) is 65.5 Å². The lowest BCUT2D eigenvalue weighted by Gasteiger charge is -2.04. The number of nitrogens with one attached hydrogen (secondary N) is 2. The highest BCUT2D eigenvalue weighted by Gasteiger charge is 2.06. The zero-order valence-electron chi connectivity index (χ0n) is 12.3. The lowest BCUT2D eigenvalue weighted by atomic mass is 10.1. The van der Waals surface area contributed by atoms with Crippen LogP contribution in [0.4, 0.5) is 8.78 Å². The van der Waals surface area contributed by atoms with E-state index in [1.807, 2.05) is 0 Å². The molecule has 0 saturated heterocycles. The van der Waals surface area contributed by atoms with Crippen molar-refractivity contribution in [2.24, 2.45) is 0 Å². The van der Waals surface area contributed by atoms with E-state index in [1.165, 1.54) is 24.3 Å². The number of H-pyrrole nitrogens is 1. The Morgan fingerprint density at radius 2 is 1.96 bits per heavy atom. The summed E-state index contributed by atoms with van der Waals surface area (Å²) in [6.45, 7) is 0.399. The number of aromatic amines is 1. The maximum absolute atomic E-state index is 13.1. The van der Waals surface area contributed by atoms with Crippen molar-refractivity contribution in [1.29, 1.82) is 0 Å². The van der Waals surface area contributed by atoms with Gasteiger partial charge in [-0.15, -0.1) is 0 Å². The molecule has 0 aliphatic carbocycles. The topological polar surface area (TPSA) is 57.8 Å². The Kier molecular flexibility index (Phi) is 4.32.